The van der Waals surface area contributed by atoms with E-state index in [0.29, 0.717) is 0 Å². The third-order valence-corrected chi connectivity index (χ3v) is 3.69. The Morgan fingerprint density at radius 3 is 3.00 bits per heavy atom. The van der Waals surface area contributed by atoms with Crippen molar-refractivity contribution in [2.45, 2.75) is 32.8 Å². The Balaban J connectivity index is 2.26. The lowest BCUT2D eigenvalue weighted by Gasteiger charge is -2.12. The standard InChI is InChI=1S/C14H17NO2/c1-4-10-6-5-7-11-12(10)14(11,8-15)13(16)17-9(2)3/h4,6,9,11-12H,1,5,7H2,2-3H3/t11-,12+,14+/m1/s1. The second-order valence-corrected chi connectivity index (χ2v) is 5.00. The molecule has 2 rings (SSSR count). The smallest absolute Gasteiger partial charge is 0.327 e. The summed E-state index contributed by atoms with van der Waals surface area (Å²) in [5.41, 5.74) is 0.0874. The molecule has 90 valence electrons. The zero-order valence-corrected chi connectivity index (χ0v) is 10.3. The highest BCUT2D eigenvalue weighted by molar-refractivity contribution is 5.86. The van der Waals surface area contributed by atoms with E-state index < -0.39 is 5.41 Å². The molecule has 0 saturated heterocycles. The molecule has 3 atom stereocenters. The molecule has 0 radical (unpaired) electrons. The number of nitrogens with zero attached hydrogens (tertiary/aromatic N) is 1. The van der Waals surface area contributed by atoms with Crippen molar-refractivity contribution < 1.29 is 9.53 Å². The Morgan fingerprint density at radius 1 is 1.76 bits per heavy atom. The van der Waals surface area contributed by atoms with Crippen molar-refractivity contribution in [3.63, 3.8) is 0 Å². The molecule has 0 heterocycles. The maximum absolute atomic E-state index is 12.1. The fourth-order valence-electron chi connectivity index (χ4n) is 2.90. The Kier molecular flexibility index (Phi) is 2.82. The monoisotopic (exact) mass is 231 g/mol. The van der Waals surface area contributed by atoms with Gasteiger partial charge in [-0.3, -0.25) is 4.79 Å². The summed E-state index contributed by atoms with van der Waals surface area (Å²) in [6.45, 7) is 7.36. The summed E-state index contributed by atoms with van der Waals surface area (Å²) in [5.74, 6) is -0.235. The number of fused-ring (bicyclic) bond motifs is 1. The van der Waals surface area contributed by atoms with Crippen molar-refractivity contribution in [2.24, 2.45) is 17.3 Å². The number of hydrogen-bond donors (Lipinski definition) is 0. The number of hydrogen-bond acceptors (Lipinski definition) is 3. The van der Waals surface area contributed by atoms with Gasteiger partial charge in [0.15, 0.2) is 5.41 Å². The van der Waals surface area contributed by atoms with Gasteiger partial charge in [0.05, 0.1) is 12.2 Å². The molecule has 0 bridgehead atoms. The second-order valence-electron chi connectivity index (χ2n) is 5.00. The molecule has 3 nitrogen and oxygen atoms in total. The van der Waals surface area contributed by atoms with Crippen LogP contribution in [0.5, 0.6) is 0 Å². The first-order valence-electron chi connectivity index (χ1n) is 6.02. The van der Waals surface area contributed by atoms with Crippen LogP contribution in [0.25, 0.3) is 0 Å². The molecular weight excluding hydrogens is 214 g/mol. The predicted molar refractivity (Wildman–Crippen MR) is 63.8 cm³/mol. The highest BCUT2D eigenvalue weighted by Crippen LogP contribution is 2.66. The van der Waals surface area contributed by atoms with Crippen LogP contribution in [-0.2, 0) is 9.53 Å². The van der Waals surface area contributed by atoms with Crippen molar-refractivity contribution in [3.8, 4) is 6.07 Å². The molecule has 2 aliphatic carbocycles. The first-order chi connectivity index (χ1) is 8.07. The Hall–Kier alpha value is -1.56. The second kappa shape index (κ2) is 4.03. The number of allylic oxidation sites excluding steroid dienone is 3. The molecule has 0 N–H and O–H groups in total. The first kappa shape index (κ1) is 11.9. The molecule has 0 spiro atoms. The minimum absolute atomic E-state index is 0.00463. The Morgan fingerprint density at radius 2 is 2.47 bits per heavy atom. The van der Waals surface area contributed by atoms with Crippen LogP contribution < -0.4 is 0 Å². The van der Waals surface area contributed by atoms with Crippen LogP contribution in [0.4, 0.5) is 0 Å². The van der Waals surface area contributed by atoms with Crippen LogP contribution in [0.1, 0.15) is 26.7 Å². The summed E-state index contributed by atoms with van der Waals surface area (Å²) in [4.78, 5) is 12.1. The number of nitriles is 1. The van der Waals surface area contributed by atoms with E-state index in [1.165, 1.54) is 0 Å². The van der Waals surface area contributed by atoms with Gasteiger partial charge in [-0.1, -0.05) is 18.7 Å². The van der Waals surface area contributed by atoms with E-state index in [-0.39, 0.29) is 23.9 Å². The van der Waals surface area contributed by atoms with Gasteiger partial charge < -0.3 is 4.74 Å². The molecule has 0 aromatic heterocycles. The van der Waals surface area contributed by atoms with Crippen LogP contribution in [0.3, 0.4) is 0 Å². The van der Waals surface area contributed by atoms with Crippen LogP contribution in [0, 0.1) is 28.6 Å². The molecule has 0 aromatic carbocycles. The predicted octanol–water partition coefficient (Wildman–Crippen LogP) is 2.60. The third-order valence-electron chi connectivity index (χ3n) is 3.69. The third kappa shape index (κ3) is 1.59. The number of rotatable bonds is 3. The fraction of sp³-hybridized carbons (Fsp3) is 0.571. The molecule has 1 fully saturated rings. The molecule has 0 amide bonds. The summed E-state index contributed by atoms with van der Waals surface area (Å²) in [6, 6.07) is 2.20. The molecule has 0 aromatic rings. The van der Waals surface area contributed by atoms with E-state index in [9.17, 15) is 10.1 Å². The lowest BCUT2D eigenvalue weighted by molar-refractivity contribution is -0.152. The molecule has 0 unspecified atom stereocenters. The van der Waals surface area contributed by atoms with Crippen molar-refractivity contribution in [1.82, 2.24) is 0 Å². The average Bonchev–Trinajstić information content (AvgIpc) is 2.97. The first-order valence-corrected chi connectivity index (χ1v) is 6.02. The van der Waals surface area contributed by atoms with Crippen molar-refractivity contribution >= 4 is 5.97 Å². The topological polar surface area (TPSA) is 50.1 Å². The highest BCUT2D eigenvalue weighted by Gasteiger charge is 2.72. The minimum atomic E-state index is -0.944. The lowest BCUT2D eigenvalue weighted by Crippen LogP contribution is -2.24. The van der Waals surface area contributed by atoms with Crippen LogP contribution in [0.15, 0.2) is 24.3 Å². The zero-order chi connectivity index (χ0) is 12.6. The maximum Gasteiger partial charge on any atom is 0.327 e. The molecular formula is C14H17NO2. The summed E-state index contributed by atoms with van der Waals surface area (Å²) in [6.07, 6.45) is 5.48. The van der Waals surface area contributed by atoms with E-state index in [1.807, 2.05) is 0 Å². The molecule has 0 aliphatic heterocycles. The summed E-state index contributed by atoms with van der Waals surface area (Å²) in [5, 5.41) is 9.37. The molecule has 2 aliphatic rings. The molecule has 1 saturated carbocycles. The van der Waals surface area contributed by atoms with E-state index in [4.69, 9.17) is 4.74 Å². The molecule has 3 heteroatoms. The summed E-state index contributed by atoms with van der Waals surface area (Å²) in [7, 11) is 0. The number of ether oxygens (including phenoxy) is 1. The molecule has 17 heavy (non-hydrogen) atoms. The normalized spacial score (nSPS) is 34.4. The zero-order valence-electron chi connectivity index (χ0n) is 10.3. The van der Waals surface area contributed by atoms with E-state index in [2.05, 4.69) is 18.7 Å². The van der Waals surface area contributed by atoms with Gasteiger partial charge in [-0.15, -0.1) is 0 Å². The SMILES string of the molecule is C=CC1=CCC[C@@H]2[C@H]1[C@@]2(C#N)C(=O)OC(C)C. The van der Waals surface area contributed by atoms with Gasteiger partial charge >= 0.3 is 5.97 Å². The highest BCUT2D eigenvalue weighted by atomic mass is 16.5. The van der Waals surface area contributed by atoms with Crippen molar-refractivity contribution in [3.05, 3.63) is 24.3 Å². The summed E-state index contributed by atoms with van der Waals surface area (Å²) < 4.78 is 5.23. The van der Waals surface area contributed by atoms with Gasteiger partial charge in [0.2, 0.25) is 0 Å². The van der Waals surface area contributed by atoms with Gasteiger partial charge in [-0.2, -0.15) is 5.26 Å². The fourth-order valence-corrected chi connectivity index (χ4v) is 2.90. The van der Waals surface area contributed by atoms with Gasteiger partial charge in [0.1, 0.15) is 0 Å². The lowest BCUT2D eigenvalue weighted by atomic mass is 9.99. The number of carbonyl (C=O) groups excluding carboxylic acids is 1. The average molecular weight is 231 g/mol. The van der Waals surface area contributed by atoms with Crippen LogP contribution in [-0.4, -0.2) is 12.1 Å². The number of carbonyl (C=O) groups is 1. The minimum Gasteiger partial charge on any atom is -0.462 e. The van der Waals surface area contributed by atoms with Crippen molar-refractivity contribution in [2.75, 3.05) is 0 Å². The van der Waals surface area contributed by atoms with Crippen molar-refractivity contribution in [1.29, 1.82) is 5.26 Å². The van der Waals surface area contributed by atoms with Gasteiger partial charge in [-0.25, -0.2) is 0 Å². The van der Waals surface area contributed by atoms with Gasteiger partial charge in [0, 0.05) is 5.92 Å². The number of esters is 1. The summed E-state index contributed by atoms with van der Waals surface area (Å²) >= 11 is 0. The quantitative estimate of drug-likeness (QED) is 0.701. The Labute approximate surface area is 102 Å². The largest absolute Gasteiger partial charge is 0.462 e. The van der Waals surface area contributed by atoms with Gasteiger partial charge in [-0.05, 0) is 38.2 Å². The Bertz CT molecular complexity index is 430. The van der Waals surface area contributed by atoms with E-state index >= 15 is 0 Å². The van der Waals surface area contributed by atoms with E-state index in [0.717, 1.165) is 18.4 Å². The van der Waals surface area contributed by atoms with Crippen LogP contribution >= 0.6 is 0 Å². The van der Waals surface area contributed by atoms with E-state index in [1.54, 1.807) is 19.9 Å². The van der Waals surface area contributed by atoms with Gasteiger partial charge in [0.25, 0.3) is 0 Å². The van der Waals surface area contributed by atoms with Crippen LogP contribution in [0.2, 0.25) is 0 Å². The maximum atomic E-state index is 12.1.